The Morgan fingerprint density at radius 3 is 2.52 bits per heavy atom. The van der Waals surface area contributed by atoms with Crippen LogP contribution in [0.25, 0.3) is 17.4 Å². The average molecular weight is 452 g/mol. The number of benzene rings is 1. The van der Waals surface area contributed by atoms with Gasteiger partial charge in [-0.15, -0.1) is 0 Å². The van der Waals surface area contributed by atoms with Crippen LogP contribution in [0, 0.1) is 17.1 Å². The third-order valence-corrected chi connectivity index (χ3v) is 4.86. The molecule has 2 heterocycles. The summed E-state index contributed by atoms with van der Waals surface area (Å²) in [5.41, 5.74) is 0.903. The Bertz CT molecular complexity index is 1170. The number of ether oxygens (including phenoxy) is 2. The summed E-state index contributed by atoms with van der Waals surface area (Å²) in [5, 5.41) is 9.46. The lowest BCUT2D eigenvalue weighted by atomic mass is 9.94. The molecule has 1 aromatic heterocycles. The molecule has 33 heavy (non-hydrogen) atoms. The van der Waals surface area contributed by atoms with E-state index in [1.165, 1.54) is 32.1 Å². The predicted molar refractivity (Wildman–Crippen MR) is 115 cm³/mol. The maximum Gasteiger partial charge on any atom is 0.302 e. The van der Waals surface area contributed by atoms with Gasteiger partial charge in [-0.25, -0.2) is 4.39 Å². The molecule has 1 aromatic carbocycles. The normalized spacial score (nSPS) is 15.2. The number of rotatable bonds is 8. The fourth-order valence-corrected chi connectivity index (χ4v) is 3.18. The molecule has 170 valence electrons. The van der Waals surface area contributed by atoms with Crippen molar-refractivity contribution in [2.75, 3.05) is 26.4 Å². The van der Waals surface area contributed by atoms with E-state index in [1.807, 2.05) is 6.07 Å². The first kappa shape index (κ1) is 23.6. The highest BCUT2D eigenvalue weighted by Gasteiger charge is 2.35. The summed E-state index contributed by atoms with van der Waals surface area (Å²) in [5.74, 6) is -1.28. The minimum absolute atomic E-state index is 0.0131. The number of nitriles is 1. The first-order valence-electron chi connectivity index (χ1n) is 10.1. The Balaban J connectivity index is 1.78. The van der Waals surface area contributed by atoms with E-state index >= 15 is 0 Å². The van der Waals surface area contributed by atoms with Gasteiger partial charge >= 0.3 is 5.97 Å². The molecule has 2 aromatic rings. The fraction of sp³-hybridized carbons (Fsp3) is 0.250. The van der Waals surface area contributed by atoms with Crippen LogP contribution < -0.4 is 0 Å². The number of amides is 2. The van der Waals surface area contributed by atoms with Crippen LogP contribution in [-0.4, -0.2) is 49.0 Å². The molecule has 1 aliphatic rings. The maximum absolute atomic E-state index is 13.2. The molecule has 3 rings (SSSR count). The van der Waals surface area contributed by atoms with Crippen molar-refractivity contribution >= 4 is 23.9 Å². The molecule has 0 N–H and O–H groups in total. The second-order valence-electron chi connectivity index (χ2n) is 7.09. The van der Waals surface area contributed by atoms with Gasteiger partial charge in [0.1, 0.15) is 35.6 Å². The van der Waals surface area contributed by atoms with Crippen molar-refractivity contribution in [3.05, 3.63) is 64.7 Å². The molecule has 2 amide bonds. The molecule has 0 spiro atoms. The molecule has 9 heteroatoms. The second-order valence-corrected chi connectivity index (χ2v) is 7.09. The third-order valence-electron chi connectivity index (χ3n) is 4.86. The molecule has 0 saturated carbocycles. The summed E-state index contributed by atoms with van der Waals surface area (Å²) >= 11 is 0. The van der Waals surface area contributed by atoms with Gasteiger partial charge in [0, 0.05) is 18.1 Å². The molecule has 0 radical (unpaired) electrons. The summed E-state index contributed by atoms with van der Waals surface area (Å²) in [6.45, 7) is 2.90. The quantitative estimate of drug-likeness (QED) is 0.262. The van der Waals surface area contributed by atoms with Crippen molar-refractivity contribution < 1.29 is 32.7 Å². The zero-order valence-electron chi connectivity index (χ0n) is 18.1. The molecule has 0 unspecified atom stereocenters. The molecule has 0 fully saturated rings. The Morgan fingerprint density at radius 1 is 1.12 bits per heavy atom. The predicted octanol–water partition coefficient (Wildman–Crippen LogP) is 3.26. The van der Waals surface area contributed by atoms with E-state index in [0.717, 1.165) is 4.90 Å². The van der Waals surface area contributed by atoms with Crippen LogP contribution in [0.1, 0.15) is 19.6 Å². The van der Waals surface area contributed by atoms with Gasteiger partial charge in [0.25, 0.3) is 11.8 Å². The molecule has 8 nitrogen and oxygen atoms in total. The molecule has 0 aliphatic carbocycles. The number of furan rings is 1. The number of carbonyl (C=O) groups excluding carboxylic acids is 3. The lowest BCUT2D eigenvalue weighted by Crippen LogP contribution is -2.44. The number of hydrogen-bond acceptors (Lipinski definition) is 7. The summed E-state index contributed by atoms with van der Waals surface area (Å²) in [4.78, 5) is 37.3. The van der Waals surface area contributed by atoms with E-state index in [4.69, 9.17) is 13.9 Å². The summed E-state index contributed by atoms with van der Waals surface area (Å²) in [6, 6.07) is 10.9. The van der Waals surface area contributed by atoms with E-state index < -0.39 is 17.8 Å². The van der Waals surface area contributed by atoms with Gasteiger partial charge in [-0.3, -0.25) is 19.3 Å². The summed E-state index contributed by atoms with van der Waals surface area (Å²) in [6.07, 6.45) is 1.46. The average Bonchev–Trinajstić information content (AvgIpc) is 3.25. The maximum atomic E-state index is 13.2. The monoisotopic (exact) mass is 452 g/mol. The Hall–Kier alpha value is -4.03. The molecular weight excluding hydrogens is 431 g/mol. The van der Waals surface area contributed by atoms with Gasteiger partial charge < -0.3 is 13.9 Å². The second kappa shape index (κ2) is 10.5. The minimum atomic E-state index is -0.702. The minimum Gasteiger partial charge on any atom is -0.463 e. The van der Waals surface area contributed by atoms with E-state index in [2.05, 4.69) is 0 Å². The summed E-state index contributed by atoms with van der Waals surface area (Å²) < 4.78 is 29.0. The van der Waals surface area contributed by atoms with Crippen LogP contribution in [0.3, 0.4) is 0 Å². The Labute approximate surface area is 189 Å². The van der Waals surface area contributed by atoms with Gasteiger partial charge in [0.2, 0.25) is 0 Å². The van der Waals surface area contributed by atoms with Crippen molar-refractivity contribution in [1.29, 1.82) is 5.26 Å². The zero-order valence-corrected chi connectivity index (χ0v) is 18.1. The van der Waals surface area contributed by atoms with Crippen molar-refractivity contribution in [3.8, 4) is 17.4 Å². The standard InChI is InChI=1S/C24H21FN2O6/c1-15-20(13-19-7-8-22(33-19)17-3-5-18(25)6-4-17)23(29)27(24(30)21(15)14-26)9-10-31-11-12-32-16(2)28/h3-8,13H,9-12H2,1-2H3/b20-13+. The molecule has 0 atom stereocenters. The summed E-state index contributed by atoms with van der Waals surface area (Å²) in [7, 11) is 0. The lowest BCUT2D eigenvalue weighted by molar-refractivity contribution is -0.142. The lowest BCUT2D eigenvalue weighted by Gasteiger charge is -2.27. The molecule has 0 bridgehead atoms. The Morgan fingerprint density at radius 2 is 1.85 bits per heavy atom. The SMILES string of the molecule is CC(=O)OCCOCCN1C(=O)C(C#N)=C(C)/C(=C\c2ccc(-c3ccc(F)cc3)o2)C1=O. The fourth-order valence-electron chi connectivity index (χ4n) is 3.18. The smallest absolute Gasteiger partial charge is 0.302 e. The molecular formula is C24H21FN2O6. The van der Waals surface area contributed by atoms with Crippen molar-refractivity contribution in [1.82, 2.24) is 4.90 Å². The largest absolute Gasteiger partial charge is 0.463 e. The van der Waals surface area contributed by atoms with Crippen LogP contribution in [0.15, 0.2) is 57.5 Å². The number of hydrogen-bond donors (Lipinski definition) is 0. The van der Waals surface area contributed by atoms with Crippen molar-refractivity contribution in [3.63, 3.8) is 0 Å². The van der Waals surface area contributed by atoms with Crippen molar-refractivity contribution in [2.45, 2.75) is 13.8 Å². The van der Waals surface area contributed by atoms with E-state index in [9.17, 15) is 24.0 Å². The Kier molecular flexibility index (Phi) is 7.53. The van der Waals surface area contributed by atoms with Gasteiger partial charge in [-0.1, -0.05) is 0 Å². The zero-order chi connectivity index (χ0) is 24.0. The van der Waals surface area contributed by atoms with Crippen LogP contribution >= 0.6 is 0 Å². The number of nitrogens with zero attached hydrogens (tertiary/aromatic N) is 2. The van der Waals surface area contributed by atoms with Crippen LogP contribution in [0.2, 0.25) is 0 Å². The van der Waals surface area contributed by atoms with E-state index in [1.54, 1.807) is 24.3 Å². The molecule has 0 saturated heterocycles. The first-order valence-corrected chi connectivity index (χ1v) is 10.1. The highest BCUT2D eigenvalue weighted by molar-refractivity contribution is 6.19. The highest BCUT2D eigenvalue weighted by atomic mass is 19.1. The number of halogens is 1. The van der Waals surface area contributed by atoms with Crippen LogP contribution in [0.5, 0.6) is 0 Å². The number of esters is 1. The van der Waals surface area contributed by atoms with Crippen LogP contribution in [-0.2, 0) is 23.9 Å². The third kappa shape index (κ3) is 5.61. The van der Waals surface area contributed by atoms with Gasteiger partial charge in [0.05, 0.1) is 19.8 Å². The highest BCUT2D eigenvalue weighted by Crippen LogP contribution is 2.29. The molecule has 1 aliphatic heterocycles. The van der Waals surface area contributed by atoms with Crippen molar-refractivity contribution in [2.24, 2.45) is 0 Å². The van der Waals surface area contributed by atoms with Gasteiger partial charge in [-0.2, -0.15) is 5.26 Å². The van der Waals surface area contributed by atoms with Gasteiger partial charge in [0.15, 0.2) is 0 Å². The van der Waals surface area contributed by atoms with Crippen LogP contribution in [0.4, 0.5) is 4.39 Å². The number of imide groups is 1. The van der Waals surface area contributed by atoms with E-state index in [0.29, 0.717) is 17.1 Å². The van der Waals surface area contributed by atoms with Gasteiger partial charge in [-0.05, 0) is 55.0 Å². The van der Waals surface area contributed by atoms with E-state index in [-0.39, 0.29) is 48.9 Å². The number of carbonyl (C=O) groups is 3. The topological polar surface area (TPSA) is 110 Å². The first-order chi connectivity index (χ1) is 15.8.